The molecule has 1 aliphatic carbocycles. The van der Waals surface area contributed by atoms with Gasteiger partial charge < -0.3 is 21.3 Å². The predicted octanol–water partition coefficient (Wildman–Crippen LogP) is 3.10. The van der Waals surface area contributed by atoms with Crippen LogP contribution in [-0.4, -0.2) is 55.5 Å². The fraction of sp³-hybridized carbons (Fsp3) is 0.333. The Kier molecular flexibility index (Phi) is 5.18. The van der Waals surface area contributed by atoms with E-state index in [1.807, 2.05) is 0 Å². The van der Waals surface area contributed by atoms with Gasteiger partial charge in [-0.05, 0) is 37.0 Å². The molecule has 1 saturated heterocycles. The number of aromatic nitrogens is 3. The molecule has 3 atom stereocenters. The lowest BCUT2D eigenvalue weighted by molar-refractivity contribution is -0.142. The maximum Gasteiger partial charge on any atom is 0.408 e. The number of fused-ring (bicyclic) bond motifs is 2. The summed E-state index contributed by atoms with van der Waals surface area (Å²) in [5, 5.41) is 9.04. The lowest BCUT2D eigenvalue weighted by atomic mass is 10.1. The third-order valence-electron chi connectivity index (χ3n) is 6.12. The maximum absolute atomic E-state index is 13.8. The third kappa shape index (κ3) is 4.38. The highest BCUT2D eigenvalue weighted by atomic mass is 19.4. The van der Waals surface area contributed by atoms with Crippen LogP contribution < -0.4 is 16.4 Å². The Balaban J connectivity index is 1.33. The Morgan fingerprint density at radius 3 is 2.63 bits per heavy atom. The fourth-order valence-electron chi connectivity index (χ4n) is 4.56. The first kappa shape index (κ1) is 22.7. The molecular formula is C21H19F4N7O3. The molecule has 2 aliphatic rings. The third-order valence-corrected chi connectivity index (χ3v) is 6.12. The number of carbonyl (C=O) groups excluding carboxylic acids is 3. The Bertz CT molecular complexity index is 1350. The van der Waals surface area contributed by atoms with Gasteiger partial charge in [0.1, 0.15) is 18.4 Å². The second-order valence-corrected chi connectivity index (χ2v) is 8.57. The van der Waals surface area contributed by atoms with Crippen LogP contribution in [0.25, 0.3) is 10.9 Å². The summed E-state index contributed by atoms with van der Waals surface area (Å²) >= 11 is 0. The van der Waals surface area contributed by atoms with Gasteiger partial charge in [0.05, 0.1) is 11.2 Å². The van der Waals surface area contributed by atoms with E-state index in [4.69, 9.17) is 5.73 Å². The van der Waals surface area contributed by atoms with Gasteiger partial charge in [-0.3, -0.25) is 14.0 Å². The molecular weight excluding hydrogens is 474 g/mol. The Labute approximate surface area is 194 Å². The van der Waals surface area contributed by atoms with Crippen molar-refractivity contribution in [3.8, 4) is 0 Å². The highest BCUT2D eigenvalue weighted by molar-refractivity contribution is 6.06. The molecule has 3 heterocycles. The molecule has 4 N–H and O–H groups in total. The van der Waals surface area contributed by atoms with Gasteiger partial charge in [0.25, 0.3) is 0 Å². The average Bonchev–Trinajstić information content (AvgIpc) is 3.07. The number of hydrogen-bond acceptors (Lipinski definition) is 4. The molecule has 35 heavy (non-hydrogen) atoms. The van der Waals surface area contributed by atoms with Crippen LogP contribution in [0, 0.1) is 11.7 Å². The molecule has 2 aromatic heterocycles. The highest BCUT2D eigenvalue weighted by Crippen LogP contribution is 2.48. The Morgan fingerprint density at radius 2 is 1.91 bits per heavy atom. The Morgan fingerprint density at radius 1 is 1.14 bits per heavy atom. The van der Waals surface area contributed by atoms with E-state index in [1.165, 1.54) is 23.2 Å². The fourth-order valence-corrected chi connectivity index (χ4v) is 4.56. The molecule has 4 amide bonds. The Hall–Kier alpha value is -4.10. The molecule has 0 spiro atoms. The van der Waals surface area contributed by atoms with Crippen LogP contribution in [-0.2, 0) is 11.3 Å². The van der Waals surface area contributed by atoms with Gasteiger partial charge in [0, 0.05) is 29.9 Å². The van der Waals surface area contributed by atoms with E-state index in [2.05, 4.69) is 15.7 Å². The molecule has 184 valence electrons. The summed E-state index contributed by atoms with van der Waals surface area (Å²) in [5.41, 5.74) is 5.80. The van der Waals surface area contributed by atoms with Gasteiger partial charge in [-0.15, -0.1) is 0 Å². The molecule has 0 bridgehead atoms. The summed E-state index contributed by atoms with van der Waals surface area (Å²) in [6.07, 6.45) is -1.02. The van der Waals surface area contributed by atoms with E-state index >= 15 is 0 Å². The SMILES string of the molecule is NC(=O)n1cc(NC(=O)N2C3C[C@@H]3C[C@H]2C(=O)Nc2ccn(CC(F)(F)F)n2)c2cc(F)ccc21. The van der Waals surface area contributed by atoms with Gasteiger partial charge >= 0.3 is 18.2 Å². The van der Waals surface area contributed by atoms with Gasteiger partial charge in [-0.1, -0.05) is 0 Å². The quantitative estimate of drug-likeness (QED) is 0.483. The van der Waals surface area contributed by atoms with Gasteiger partial charge in [-0.2, -0.15) is 18.3 Å². The summed E-state index contributed by atoms with van der Waals surface area (Å²) in [5.74, 6) is -1.13. The number of piperidine rings is 1. The number of anilines is 2. The largest absolute Gasteiger partial charge is 0.408 e. The standard InChI is InChI=1S/C21H19F4N7O3/c22-11-1-2-14-12(7-11)13(8-31(14)19(26)34)27-20(35)32-15-5-10(15)6-16(32)18(33)28-17-3-4-30(29-17)9-21(23,24)25/h1-4,7-8,10,15-16H,5-6,9H2,(H2,26,34)(H,27,35)(H,28,29,33)/t10-,15?,16+/m1/s1. The smallest absolute Gasteiger partial charge is 0.351 e. The summed E-state index contributed by atoms with van der Waals surface area (Å²) in [4.78, 5) is 39.1. The van der Waals surface area contributed by atoms with Gasteiger partial charge in [-0.25, -0.2) is 14.0 Å². The first-order valence-corrected chi connectivity index (χ1v) is 10.6. The number of amides is 4. The second-order valence-electron chi connectivity index (χ2n) is 8.57. The lowest BCUT2D eigenvalue weighted by Gasteiger charge is -2.26. The monoisotopic (exact) mass is 493 g/mol. The van der Waals surface area contributed by atoms with Gasteiger partial charge in [0.15, 0.2) is 5.82 Å². The average molecular weight is 493 g/mol. The zero-order valence-corrected chi connectivity index (χ0v) is 17.9. The number of benzene rings is 1. The number of halogens is 4. The van der Waals surface area contributed by atoms with E-state index in [1.54, 1.807) is 0 Å². The minimum Gasteiger partial charge on any atom is -0.351 e. The van der Waals surface area contributed by atoms with Crippen molar-refractivity contribution in [2.24, 2.45) is 11.7 Å². The van der Waals surface area contributed by atoms with E-state index in [-0.39, 0.29) is 28.9 Å². The molecule has 14 heteroatoms. The zero-order chi connectivity index (χ0) is 25.1. The molecule has 10 nitrogen and oxygen atoms in total. The number of nitrogens with one attached hydrogen (secondary N) is 2. The van der Waals surface area contributed by atoms with Crippen molar-refractivity contribution in [3.05, 3.63) is 42.5 Å². The van der Waals surface area contributed by atoms with Crippen LogP contribution in [0.2, 0.25) is 0 Å². The molecule has 0 radical (unpaired) electrons. The first-order valence-electron chi connectivity index (χ1n) is 10.6. The highest BCUT2D eigenvalue weighted by Gasteiger charge is 2.56. The van der Waals surface area contributed by atoms with E-state index in [0.29, 0.717) is 23.0 Å². The van der Waals surface area contributed by atoms with Crippen molar-refractivity contribution < 1.29 is 31.9 Å². The van der Waals surface area contributed by atoms with Crippen LogP contribution in [0.5, 0.6) is 0 Å². The number of likely N-dealkylation sites (tertiary alicyclic amines) is 1. The maximum atomic E-state index is 13.8. The van der Waals surface area contributed by atoms with Crippen molar-refractivity contribution in [1.29, 1.82) is 0 Å². The molecule has 2 fully saturated rings. The summed E-state index contributed by atoms with van der Waals surface area (Å²) in [7, 11) is 0. The zero-order valence-electron chi connectivity index (χ0n) is 17.9. The van der Waals surface area contributed by atoms with Crippen LogP contribution in [0.3, 0.4) is 0 Å². The minimum absolute atomic E-state index is 0.0693. The molecule has 1 saturated carbocycles. The number of primary amides is 1. The van der Waals surface area contributed by atoms with Gasteiger partial charge in [0.2, 0.25) is 5.91 Å². The van der Waals surface area contributed by atoms with Crippen molar-refractivity contribution in [2.75, 3.05) is 10.6 Å². The number of alkyl halides is 3. The van der Waals surface area contributed by atoms with Crippen LogP contribution in [0.4, 0.5) is 38.7 Å². The molecule has 1 aromatic carbocycles. The second kappa shape index (κ2) is 7.99. The summed E-state index contributed by atoms with van der Waals surface area (Å²) in [6, 6.07) is 2.36. The number of nitrogens with two attached hydrogens (primary N) is 1. The van der Waals surface area contributed by atoms with E-state index < -0.39 is 42.5 Å². The summed E-state index contributed by atoms with van der Waals surface area (Å²) < 4.78 is 53.2. The summed E-state index contributed by atoms with van der Waals surface area (Å²) in [6.45, 7) is -1.30. The molecule has 5 rings (SSSR count). The molecule has 3 aromatic rings. The van der Waals surface area contributed by atoms with E-state index in [0.717, 1.165) is 22.9 Å². The normalized spacial score (nSPS) is 21.1. The first-order chi connectivity index (χ1) is 16.5. The lowest BCUT2D eigenvalue weighted by Crippen LogP contribution is -2.47. The van der Waals surface area contributed by atoms with Crippen molar-refractivity contribution in [2.45, 2.75) is 37.6 Å². The van der Waals surface area contributed by atoms with Crippen LogP contribution in [0.15, 0.2) is 36.7 Å². The molecule has 1 aliphatic heterocycles. The van der Waals surface area contributed by atoms with Crippen molar-refractivity contribution >= 4 is 40.4 Å². The topological polar surface area (TPSA) is 127 Å². The van der Waals surface area contributed by atoms with E-state index in [9.17, 15) is 31.9 Å². The van der Waals surface area contributed by atoms with Crippen molar-refractivity contribution in [3.63, 3.8) is 0 Å². The van der Waals surface area contributed by atoms with Crippen LogP contribution >= 0.6 is 0 Å². The number of nitrogens with zero attached hydrogens (tertiary/aromatic N) is 4. The number of rotatable bonds is 4. The molecule has 1 unspecified atom stereocenters. The predicted molar refractivity (Wildman–Crippen MR) is 115 cm³/mol. The number of carbonyl (C=O) groups is 3. The number of hydrogen-bond donors (Lipinski definition) is 3. The minimum atomic E-state index is -4.46. The van der Waals surface area contributed by atoms with Crippen LogP contribution in [0.1, 0.15) is 12.8 Å². The number of urea groups is 1. The van der Waals surface area contributed by atoms with Crippen molar-refractivity contribution in [1.82, 2.24) is 19.2 Å².